The average molecular weight is 270 g/mol. The highest BCUT2D eigenvalue weighted by atomic mass is 19.1. The van der Waals surface area contributed by atoms with Gasteiger partial charge in [0.25, 0.3) is 0 Å². The summed E-state index contributed by atoms with van der Waals surface area (Å²) in [7, 11) is 0. The van der Waals surface area contributed by atoms with Crippen LogP contribution in [0.3, 0.4) is 0 Å². The van der Waals surface area contributed by atoms with Gasteiger partial charge in [-0.25, -0.2) is 4.39 Å². The van der Waals surface area contributed by atoms with Crippen LogP contribution in [0.25, 0.3) is 0 Å². The van der Waals surface area contributed by atoms with Crippen LogP contribution < -0.4 is 10.6 Å². The first-order valence-electron chi connectivity index (χ1n) is 6.49. The molecule has 0 saturated carbocycles. The lowest BCUT2D eigenvalue weighted by molar-refractivity contribution is -0.119. The third-order valence-corrected chi connectivity index (χ3v) is 3.74. The monoisotopic (exact) mass is 270 g/mol. The number of benzene rings is 2. The van der Waals surface area contributed by atoms with Gasteiger partial charge in [0.2, 0.25) is 5.91 Å². The molecule has 0 radical (unpaired) electrons. The van der Waals surface area contributed by atoms with E-state index in [9.17, 15) is 9.18 Å². The Morgan fingerprint density at radius 1 is 1.25 bits per heavy atom. The van der Waals surface area contributed by atoms with E-state index >= 15 is 0 Å². The minimum atomic E-state index is -0.773. The van der Waals surface area contributed by atoms with Crippen molar-refractivity contribution in [2.45, 2.75) is 19.5 Å². The molecule has 2 N–H and O–H groups in total. The van der Waals surface area contributed by atoms with Gasteiger partial charge in [0.1, 0.15) is 11.9 Å². The second kappa shape index (κ2) is 4.72. The van der Waals surface area contributed by atoms with Crippen LogP contribution in [0.2, 0.25) is 0 Å². The number of hydrogen-bond donors (Lipinski definition) is 1. The van der Waals surface area contributed by atoms with E-state index in [1.54, 1.807) is 11.0 Å². The summed E-state index contributed by atoms with van der Waals surface area (Å²) in [4.78, 5) is 13.9. The van der Waals surface area contributed by atoms with E-state index in [1.807, 2.05) is 31.2 Å². The predicted molar refractivity (Wildman–Crippen MR) is 75.7 cm³/mol. The van der Waals surface area contributed by atoms with Gasteiger partial charge in [0.05, 0.1) is 6.54 Å². The first-order chi connectivity index (χ1) is 9.58. The van der Waals surface area contributed by atoms with Crippen LogP contribution in [0.1, 0.15) is 22.7 Å². The molecule has 0 aliphatic carbocycles. The molecular formula is C16H15FN2O. The van der Waals surface area contributed by atoms with E-state index in [0.29, 0.717) is 17.8 Å². The van der Waals surface area contributed by atoms with Gasteiger partial charge in [0.15, 0.2) is 0 Å². The summed E-state index contributed by atoms with van der Waals surface area (Å²) in [6.07, 6.45) is 0. The van der Waals surface area contributed by atoms with Gasteiger partial charge in [-0.05, 0) is 36.2 Å². The highest BCUT2D eigenvalue weighted by Gasteiger charge is 2.35. The zero-order chi connectivity index (χ0) is 14.3. The lowest BCUT2D eigenvalue weighted by Gasteiger charge is -2.19. The third kappa shape index (κ3) is 1.98. The fourth-order valence-electron chi connectivity index (χ4n) is 2.56. The van der Waals surface area contributed by atoms with Gasteiger partial charge in [-0.2, -0.15) is 0 Å². The number of hydrogen-bond acceptors (Lipinski definition) is 2. The molecule has 3 rings (SSSR count). The van der Waals surface area contributed by atoms with E-state index in [-0.39, 0.29) is 11.7 Å². The van der Waals surface area contributed by atoms with Gasteiger partial charge in [-0.3, -0.25) is 4.79 Å². The minimum Gasteiger partial charge on any atom is -0.316 e. The van der Waals surface area contributed by atoms with Crippen LogP contribution in [0.15, 0.2) is 42.5 Å². The fourth-order valence-corrected chi connectivity index (χ4v) is 2.56. The molecule has 0 fully saturated rings. The molecule has 102 valence electrons. The SMILES string of the molecule is Cc1ccccc1CN1C(=O)C(N)c2cc(F)ccc21. The molecule has 1 aliphatic heterocycles. The number of fused-ring (bicyclic) bond motifs is 1. The summed E-state index contributed by atoms with van der Waals surface area (Å²) in [5, 5.41) is 0. The number of halogens is 1. The number of nitrogens with zero attached hydrogens (tertiary/aromatic N) is 1. The quantitative estimate of drug-likeness (QED) is 0.912. The Kier molecular flexibility index (Phi) is 3.03. The summed E-state index contributed by atoms with van der Waals surface area (Å²) in [5.74, 6) is -0.557. The molecule has 20 heavy (non-hydrogen) atoms. The van der Waals surface area contributed by atoms with Crippen LogP contribution in [0.4, 0.5) is 10.1 Å². The van der Waals surface area contributed by atoms with Gasteiger partial charge >= 0.3 is 0 Å². The van der Waals surface area contributed by atoms with E-state index in [0.717, 1.165) is 11.1 Å². The molecule has 0 spiro atoms. The third-order valence-electron chi connectivity index (χ3n) is 3.74. The van der Waals surface area contributed by atoms with Crippen LogP contribution in [-0.2, 0) is 11.3 Å². The summed E-state index contributed by atoms with van der Waals surface area (Å²) in [5.41, 5.74) is 9.32. The van der Waals surface area contributed by atoms with E-state index in [1.165, 1.54) is 12.1 Å². The molecule has 2 aromatic rings. The van der Waals surface area contributed by atoms with Crippen LogP contribution in [-0.4, -0.2) is 5.91 Å². The Labute approximate surface area is 116 Å². The molecule has 0 bridgehead atoms. The summed E-state index contributed by atoms with van der Waals surface area (Å²) < 4.78 is 13.3. The second-order valence-corrected chi connectivity index (χ2v) is 5.03. The van der Waals surface area contributed by atoms with Crippen molar-refractivity contribution < 1.29 is 9.18 Å². The molecular weight excluding hydrogens is 255 g/mol. The molecule has 0 saturated heterocycles. The van der Waals surface area contributed by atoms with Gasteiger partial charge in [-0.15, -0.1) is 0 Å². The smallest absolute Gasteiger partial charge is 0.248 e. The largest absolute Gasteiger partial charge is 0.316 e. The van der Waals surface area contributed by atoms with Crippen molar-refractivity contribution in [3.8, 4) is 0 Å². The van der Waals surface area contributed by atoms with Gasteiger partial charge in [-0.1, -0.05) is 24.3 Å². The highest BCUT2D eigenvalue weighted by Crippen LogP contribution is 2.36. The summed E-state index contributed by atoms with van der Waals surface area (Å²) in [6.45, 7) is 2.46. The second-order valence-electron chi connectivity index (χ2n) is 5.03. The molecule has 0 aromatic heterocycles. The molecule has 2 aromatic carbocycles. The molecule has 1 atom stereocenters. The molecule has 1 unspecified atom stereocenters. The maximum atomic E-state index is 13.3. The lowest BCUT2D eigenvalue weighted by Crippen LogP contribution is -2.31. The predicted octanol–water partition coefficient (Wildman–Crippen LogP) is 2.68. The van der Waals surface area contributed by atoms with E-state index in [2.05, 4.69) is 0 Å². The van der Waals surface area contributed by atoms with Gasteiger partial charge in [0, 0.05) is 11.3 Å². The topological polar surface area (TPSA) is 46.3 Å². The molecule has 3 nitrogen and oxygen atoms in total. The van der Waals surface area contributed by atoms with Crippen LogP contribution in [0.5, 0.6) is 0 Å². The van der Waals surface area contributed by atoms with Crippen molar-refractivity contribution in [3.05, 3.63) is 65.0 Å². The van der Waals surface area contributed by atoms with Crippen molar-refractivity contribution in [1.82, 2.24) is 0 Å². The van der Waals surface area contributed by atoms with Crippen molar-refractivity contribution >= 4 is 11.6 Å². The Morgan fingerprint density at radius 2 is 2.00 bits per heavy atom. The molecule has 1 heterocycles. The van der Waals surface area contributed by atoms with Gasteiger partial charge < -0.3 is 10.6 Å². The summed E-state index contributed by atoms with van der Waals surface area (Å²) in [6, 6.07) is 11.4. The number of carbonyl (C=O) groups is 1. The minimum absolute atomic E-state index is 0.186. The standard InChI is InChI=1S/C16H15FN2O/c1-10-4-2-3-5-11(10)9-19-14-7-6-12(17)8-13(14)15(18)16(19)20/h2-8,15H,9,18H2,1H3. The molecule has 1 aliphatic rings. The Bertz CT molecular complexity index is 684. The van der Waals surface area contributed by atoms with Crippen molar-refractivity contribution in [2.24, 2.45) is 5.73 Å². The fraction of sp³-hybridized carbons (Fsp3) is 0.188. The number of rotatable bonds is 2. The maximum absolute atomic E-state index is 13.3. The van der Waals surface area contributed by atoms with E-state index < -0.39 is 6.04 Å². The van der Waals surface area contributed by atoms with Crippen molar-refractivity contribution in [3.63, 3.8) is 0 Å². The molecule has 4 heteroatoms. The molecule has 1 amide bonds. The van der Waals surface area contributed by atoms with Crippen LogP contribution in [0, 0.1) is 12.7 Å². The Morgan fingerprint density at radius 3 is 2.75 bits per heavy atom. The number of anilines is 1. The normalized spacial score (nSPS) is 17.4. The highest BCUT2D eigenvalue weighted by molar-refractivity contribution is 6.04. The zero-order valence-corrected chi connectivity index (χ0v) is 11.1. The summed E-state index contributed by atoms with van der Waals surface area (Å²) >= 11 is 0. The Hall–Kier alpha value is -2.20. The Balaban J connectivity index is 2.00. The average Bonchev–Trinajstić information content (AvgIpc) is 2.66. The maximum Gasteiger partial charge on any atom is 0.248 e. The van der Waals surface area contributed by atoms with Crippen molar-refractivity contribution in [1.29, 1.82) is 0 Å². The number of amides is 1. The zero-order valence-electron chi connectivity index (χ0n) is 11.1. The first kappa shape index (κ1) is 12.8. The van der Waals surface area contributed by atoms with E-state index in [4.69, 9.17) is 5.73 Å². The van der Waals surface area contributed by atoms with Crippen LogP contribution >= 0.6 is 0 Å². The lowest BCUT2D eigenvalue weighted by atomic mass is 10.1. The first-order valence-corrected chi connectivity index (χ1v) is 6.49. The van der Waals surface area contributed by atoms with Crippen molar-refractivity contribution in [2.75, 3.05) is 4.90 Å². The number of nitrogens with two attached hydrogens (primary N) is 1. The number of carbonyl (C=O) groups excluding carboxylic acids is 1. The number of aryl methyl sites for hydroxylation is 1.